The first kappa shape index (κ1) is 13.9. The molecule has 98 valence electrons. The molecule has 1 aliphatic heterocycles. The Hall–Kier alpha value is -0.540. The van der Waals surface area contributed by atoms with Gasteiger partial charge in [0.2, 0.25) is 0 Å². The van der Waals surface area contributed by atoms with Gasteiger partial charge in [-0.25, -0.2) is 0 Å². The number of amides is 1. The van der Waals surface area contributed by atoms with Gasteiger partial charge >= 0.3 is 0 Å². The molecule has 0 aromatic heterocycles. The Morgan fingerprint density at radius 1 is 1.28 bits per heavy atom. The minimum atomic E-state index is 0.0775. The molecule has 1 aliphatic rings. The van der Waals surface area contributed by atoms with Crippen molar-refractivity contribution in [3.63, 3.8) is 0 Å². The van der Waals surface area contributed by atoms with Crippen molar-refractivity contribution in [2.45, 2.75) is 26.7 Å². The Balaban J connectivity index is 2.12. The summed E-state index contributed by atoms with van der Waals surface area (Å²) in [6.45, 7) is 6.17. The van der Waals surface area contributed by atoms with Gasteiger partial charge in [-0.3, -0.25) is 4.79 Å². The fourth-order valence-corrected chi connectivity index (χ4v) is 3.04. The van der Waals surface area contributed by atoms with Crippen molar-refractivity contribution < 1.29 is 4.79 Å². The average Bonchev–Trinajstić information content (AvgIpc) is 2.27. The molecule has 1 amide bonds. The summed E-state index contributed by atoms with van der Waals surface area (Å²) in [6, 6.07) is 5.35. The van der Waals surface area contributed by atoms with Gasteiger partial charge in [0.15, 0.2) is 0 Å². The molecule has 0 unspecified atom stereocenters. The number of carbonyl (C=O) groups is 1. The van der Waals surface area contributed by atoms with Crippen molar-refractivity contribution >= 4 is 33.4 Å². The summed E-state index contributed by atoms with van der Waals surface area (Å²) in [4.78, 5) is 14.3. The highest BCUT2D eigenvalue weighted by molar-refractivity contribution is 9.10. The van der Waals surface area contributed by atoms with Crippen molar-refractivity contribution in [3.8, 4) is 0 Å². The lowest BCUT2D eigenvalue weighted by atomic mass is 9.82. The second-order valence-corrected chi connectivity index (χ2v) is 6.97. The first-order chi connectivity index (χ1) is 8.37. The second kappa shape index (κ2) is 5.22. The van der Waals surface area contributed by atoms with Crippen molar-refractivity contribution in [2.75, 3.05) is 13.1 Å². The van der Waals surface area contributed by atoms with E-state index in [9.17, 15) is 4.79 Å². The number of hydrogen-bond acceptors (Lipinski definition) is 1. The number of nitrogens with zero attached hydrogens (tertiary/aromatic N) is 1. The highest BCUT2D eigenvalue weighted by atomic mass is 79.9. The maximum absolute atomic E-state index is 12.4. The first-order valence-corrected chi connectivity index (χ1v) is 7.30. The Labute approximate surface area is 121 Å². The zero-order valence-electron chi connectivity index (χ0n) is 10.7. The van der Waals surface area contributed by atoms with Gasteiger partial charge in [-0.1, -0.05) is 41.4 Å². The summed E-state index contributed by atoms with van der Waals surface area (Å²) < 4.78 is 0.843. The predicted octanol–water partition coefficient (Wildman–Crippen LogP) is 4.36. The van der Waals surface area contributed by atoms with Crippen LogP contribution in [0.2, 0.25) is 5.02 Å². The molecule has 1 heterocycles. The van der Waals surface area contributed by atoms with Crippen LogP contribution in [0.15, 0.2) is 22.7 Å². The van der Waals surface area contributed by atoms with E-state index in [1.54, 1.807) is 12.1 Å². The third-order valence-electron chi connectivity index (χ3n) is 3.51. The summed E-state index contributed by atoms with van der Waals surface area (Å²) >= 11 is 9.35. The predicted molar refractivity (Wildman–Crippen MR) is 78.1 cm³/mol. The molecule has 0 radical (unpaired) electrons. The summed E-state index contributed by atoms with van der Waals surface area (Å²) in [5.41, 5.74) is 1.01. The molecule has 0 atom stereocenters. The third-order valence-corrected chi connectivity index (χ3v) is 4.19. The van der Waals surface area contributed by atoms with Crippen molar-refractivity contribution in [2.24, 2.45) is 5.41 Å². The van der Waals surface area contributed by atoms with E-state index in [1.807, 2.05) is 11.0 Å². The van der Waals surface area contributed by atoms with Crippen LogP contribution < -0.4 is 0 Å². The molecule has 2 nitrogen and oxygen atoms in total. The SMILES string of the molecule is CC1(C)CCN(C(=O)c2cc(Cl)cc(Br)c2)CC1. The van der Waals surface area contributed by atoms with E-state index in [2.05, 4.69) is 29.8 Å². The molecule has 0 aliphatic carbocycles. The van der Waals surface area contributed by atoms with Crippen molar-refractivity contribution in [3.05, 3.63) is 33.3 Å². The molecule has 1 aromatic rings. The van der Waals surface area contributed by atoms with Crippen LogP contribution in [0, 0.1) is 5.41 Å². The lowest BCUT2D eigenvalue weighted by molar-refractivity contribution is 0.0630. The van der Waals surface area contributed by atoms with E-state index in [0.717, 1.165) is 30.4 Å². The molecule has 1 fully saturated rings. The van der Waals surface area contributed by atoms with Crippen molar-refractivity contribution in [1.29, 1.82) is 0 Å². The largest absolute Gasteiger partial charge is 0.339 e. The number of halogens is 2. The first-order valence-electron chi connectivity index (χ1n) is 6.13. The molecule has 0 saturated carbocycles. The second-order valence-electron chi connectivity index (χ2n) is 5.61. The molecule has 0 spiro atoms. The normalized spacial score (nSPS) is 18.8. The number of likely N-dealkylation sites (tertiary alicyclic amines) is 1. The van der Waals surface area contributed by atoms with Crippen LogP contribution in [0.5, 0.6) is 0 Å². The van der Waals surface area contributed by atoms with Gasteiger partial charge in [-0.05, 0) is 36.5 Å². The highest BCUT2D eigenvalue weighted by Gasteiger charge is 2.28. The zero-order chi connectivity index (χ0) is 13.3. The molecule has 18 heavy (non-hydrogen) atoms. The Kier molecular flexibility index (Phi) is 4.02. The molecule has 2 rings (SSSR count). The van der Waals surface area contributed by atoms with Crippen molar-refractivity contribution in [1.82, 2.24) is 4.90 Å². The van der Waals surface area contributed by atoms with Crippen LogP contribution >= 0.6 is 27.5 Å². The maximum Gasteiger partial charge on any atom is 0.253 e. The lowest BCUT2D eigenvalue weighted by Crippen LogP contribution is -2.41. The van der Waals surface area contributed by atoms with E-state index in [1.165, 1.54) is 0 Å². The Bertz CT molecular complexity index is 443. The van der Waals surface area contributed by atoms with E-state index in [4.69, 9.17) is 11.6 Å². The fraction of sp³-hybridized carbons (Fsp3) is 0.500. The number of carbonyl (C=O) groups excluding carboxylic acids is 1. The minimum absolute atomic E-state index is 0.0775. The molecular weight excluding hydrogens is 314 g/mol. The van der Waals surface area contributed by atoms with E-state index in [0.29, 0.717) is 16.0 Å². The lowest BCUT2D eigenvalue weighted by Gasteiger charge is -2.37. The molecule has 1 saturated heterocycles. The summed E-state index contributed by atoms with van der Waals surface area (Å²) in [5, 5.41) is 0.588. The molecule has 0 N–H and O–H groups in total. The molecule has 0 bridgehead atoms. The van der Waals surface area contributed by atoms with Crippen LogP contribution in [0.4, 0.5) is 0 Å². The third kappa shape index (κ3) is 3.27. The number of benzene rings is 1. The summed E-state index contributed by atoms with van der Waals surface area (Å²) in [7, 11) is 0. The van der Waals surface area contributed by atoms with Gasteiger partial charge in [0.25, 0.3) is 5.91 Å². The van der Waals surface area contributed by atoms with Gasteiger partial charge in [0.05, 0.1) is 0 Å². The quantitative estimate of drug-likeness (QED) is 0.749. The average molecular weight is 331 g/mol. The van der Waals surface area contributed by atoms with Crippen LogP contribution in [0.25, 0.3) is 0 Å². The standard InChI is InChI=1S/C14H17BrClNO/c1-14(2)3-5-17(6-4-14)13(18)10-7-11(15)9-12(16)8-10/h7-9H,3-6H2,1-2H3. The van der Waals surface area contributed by atoms with Crippen LogP contribution in [0.3, 0.4) is 0 Å². The molecule has 1 aromatic carbocycles. The van der Waals surface area contributed by atoms with E-state index >= 15 is 0 Å². The van der Waals surface area contributed by atoms with Crippen LogP contribution in [-0.2, 0) is 0 Å². The van der Waals surface area contributed by atoms with Gasteiger partial charge in [-0.15, -0.1) is 0 Å². The molecule has 4 heteroatoms. The van der Waals surface area contributed by atoms with Gasteiger partial charge in [0.1, 0.15) is 0 Å². The number of hydrogen-bond donors (Lipinski definition) is 0. The zero-order valence-corrected chi connectivity index (χ0v) is 13.0. The summed E-state index contributed by atoms with van der Waals surface area (Å²) in [5.74, 6) is 0.0775. The smallest absolute Gasteiger partial charge is 0.253 e. The van der Waals surface area contributed by atoms with Gasteiger partial charge in [-0.2, -0.15) is 0 Å². The summed E-state index contributed by atoms with van der Waals surface area (Å²) in [6.07, 6.45) is 2.11. The monoisotopic (exact) mass is 329 g/mol. The van der Waals surface area contributed by atoms with Crippen LogP contribution in [0.1, 0.15) is 37.0 Å². The van der Waals surface area contributed by atoms with Crippen LogP contribution in [-0.4, -0.2) is 23.9 Å². The number of piperidine rings is 1. The fourth-order valence-electron chi connectivity index (χ4n) is 2.18. The maximum atomic E-state index is 12.4. The topological polar surface area (TPSA) is 20.3 Å². The highest BCUT2D eigenvalue weighted by Crippen LogP contribution is 2.30. The Morgan fingerprint density at radius 2 is 1.89 bits per heavy atom. The van der Waals surface area contributed by atoms with Gasteiger partial charge < -0.3 is 4.90 Å². The number of rotatable bonds is 1. The van der Waals surface area contributed by atoms with E-state index in [-0.39, 0.29) is 5.91 Å². The minimum Gasteiger partial charge on any atom is -0.339 e. The van der Waals surface area contributed by atoms with E-state index < -0.39 is 0 Å². The Morgan fingerprint density at radius 3 is 2.44 bits per heavy atom. The van der Waals surface area contributed by atoms with Gasteiger partial charge in [0, 0.05) is 28.1 Å². The molecular formula is C14H17BrClNO.